The van der Waals surface area contributed by atoms with E-state index in [-0.39, 0.29) is 17.8 Å². The minimum atomic E-state index is -0.806. The van der Waals surface area contributed by atoms with Crippen LogP contribution in [-0.4, -0.2) is 19.0 Å². The lowest BCUT2D eigenvalue weighted by molar-refractivity contribution is -0.422. The second-order valence-corrected chi connectivity index (χ2v) is 5.55. The molecule has 0 bridgehead atoms. The largest absolute Gasteiger partial charge is 0.348 e. The molecule has 0 aliphatic rings. The molecule has 0 fully saturated rings. The van der Waals surface area contributed by atoms with E-state index in [0.29, 0.717) is 11.0 Å². The summed E-state index contributed by atoms with van der Waals surface area (Å²) in [6, 6.07) is 1.76. The van der Waals surface area contributed by atoms with E-state index in [9.17, 15) is 25.0 Å². The van der Waals surface area contributed by atoms with E-state index in [2.05, 4.69) is 0 Å². The SMILES string of the molecule is CC(C)n1c(=O)n(C(C)C)c2cc([N+](=O)[O-])c([N+](=O)[O-])cc21. The smallest absolute Gasteiger partial charge is 0.289 e. The molecule has 0 atom stereocenters. The van der Waals surface area contributed by atoms with Gasteiger partial charge >= 0.3 is 17.1 Å². The van der Waals surface area contributed by atoms with Crippen LogP contribution in [0.1, 0.15) is 39.8 Å². The maximum absolute atomic E-state index is 12.5. The molecule has 0 amide bonds. The van der Waals surface area contributed by atoms with Gasteiger partial charge in [-0.1, -0.05) is 0 Å². The number of aromatic nitrogens is 2. The van der Waals surface area contributed by atoms with Crippen LogP contribution < -0.4 is 5.69 Å². The van der Waals surface area contributed by atoms with E-state index in [0.717, 1.165) is 12.1 Å². The third-order valence-electron chi connectivity index (χ3n) is 3.43. The molecule has 0 aliphatic carbocycles. The Balaban J connectivity index is 3.04. The van der Waals surface area contributed by atoms with Gasteiger partial charge in [-0.2, -0.15) is 0 Å². The lowest BCUT2D eigenvalue weighted by atomic mass is 10.2. The molecule has 2 rings (SSSR count). The van der Waals surface area contributed by atoms with Crippen molar-refractivity contribution < 1.29 is 9.85 Å². The zero-order valence-corrected chi connectivity index (χ0v) is 12.6. The summed E-state index contributed by atoms with van der Waals surface area (Å²) in [6.07, 6.45) is 0. The number of fused-ring (bicyclic) bond motifs is 1. The van der Waals surface area contributed by atoms with Crippen LogP contribution in [0.25, 0.3) is 11.0 Å². The number of nitro benzene ring substituents is 2. The average molecular weight is 308 g/mol. The number of hydrogen-bond acceptors (Lipinski definition) is 5. The molecule has 1 aromatic carbocycles. The molecule has 0 aliphatic heterocycles. The van der Waals surface area contributed by atoms with Gasteiger partial charge in [0.2, 0.25) is 0 Å². The van der Waals surface area contributed by atoms with Crippen molar-refractivity contribution in [2.24, 2.45) is 0 Å². The Bertz CT molecular complexity index is 765. The van der Waals surface area contributed by atoms with Gasteiger partial charge in [0.05, 0.1) is 20.9 Å². The molecule has 0 spiro atoms. The van der Waals surface area contributed by atoms with Crippen LogP contribution in [0.15, 0.2) is 16.9 Å². The highest BCUT2D eigenvalue weighted by Gasteiger charge is 2.29. The van der Waals surface area contributed by atoms with E-state index < -0.39 is 21.2 Å². The summed E-state index contributed by atoms with van der Waals surface area (Å²) < 4.78 is 2.82. The molecule has 9 heteroatoms. The monoisotopic (exact) mass is 308 g/mol. The van der Waals surface area contributed by atoms with Crippen molar-refractivity contribution in [3.63, 3.8) is 0 Å². The number of imidazole rings is 1. The Morgan fingerprint density at radius 1 is 0.864 bits per heavy atom. The fraction of sp³-hybridized carbons (Fsp3) is 0.462. The molecule has 9 nitrogen and oxygen atoms in total. The lowest BCUT2D eigenvalue weighted by Crippen LogP contribution is -2.26. The second kappa shape index (κ2) is 5.24. The van der Waals surface area contributed by atoms with Gasteiger partial charge in [0.25, 0.3) is 0 Å². The fourth-order valence-corrected chi connectivity index (χ4v) is 2.55. The van der Waals surface area contributed by atoms with Crippen molar-refractivity contribution in [3.05, 3.63) is 42.8 Å². The van der Waals surface area contributed by atoms with Gasteiger partial charge in [0, 0.05) is 24.2 Å². The number of hydrogen-bond donors (Lipinski definition) is 0. The Morgan fingerprint density at radius 3 is 1.41 bits per heavy atom. The van der Waals surface area contributed by atoms with Crippen LogP contribution in [0.3, 0.4) is 0 Å². The first kappa shape index (κ1) is 15.7. The summed E-state index contributed by atoms with van der Waals surface area (Å²) in [5.41, 5.74) is -0.924. The predicted molar refractivity (Wildman–Crippen MR) is 80.3 cm³/mol. The van der Waals surface area contributed by atoms with Crippen LogP contribution in [0.5, 0.6) is 0 Å². The molecular weight excluding hydrogens is 292 g/mol. The van der Waals surface area contributed by atoms with Crippen molar-refractivity contribution in [3.8, 4) is 0 Å². The third-order valence-corrected chi connectivity index (χ3v) is 3.43. The fourth-order valence-electron chi connectivity index (χ4n) is 2.55. The van der Waals surface area contributed by atoms with E-state index in [1.165, 1.54) is 9.13 Å². The predicted octanol–water partition coefficient (Wildman–Crippen LogP) is 2.78. The third kappa shape index (κ3) is 2.24. The normalized spacial score (nSPS) is 11.5. The van der Waals surface area contributed by atoms with Gasteiger partial charge < -0.3 is 0 Å². The van der Waals surface area contributed by atoms with E-state index in [1.54, 1.807) is 27.7 Å². The summed E-state index contributed by atoms with van der Waals surface area (Å²) in [5, 5.41) is 22.2. The molecule has 0 unspecified atom stereocenters. The summed E-state index contributed by atoms with van der Waals surface area (Å²) in [6.45, 7) is 7.11. The first-order chi connectivity index (χ1) is 10.2. The quantitative estimate of drug-likeness (QED) is 0.636. The number of rotatable bonds is 4. The minimum Gasteiger partial charge on any atom is -0.289 e. The Labute approximate surface area is 125 Å². The van der Waals surface area contributed by atoms with E-state index >= 15 is 0 Å². The molecule has 0 N–H and O–H groups in total. The van der Waals surface area contributed by atoms with Crippen molar-refractivity contribution in [1.29, 1.82) is 0 Å². The van der Waals surface area contributed by atoms with Crippen molar-refractivity contribution >= 4 is 22.4 Å². The minimum absolute atomic E-state index is 0.226. The molecule has 0 saturated heterocycles. The standard InChI is InChI=1S/C13H16N4O5/c1-7(2)14-9-5-11(16(19)20)12(17(21)22)6-10(9)15(8(3)4)13(14)18/h5-8H,1-4H3. The molecule has 0 radical (unpaired) electrons. The number of nitro groups is 2. The first-order valence-corrected chi connectivity index (χ1v) is 6.76. The zero-order chi connectivity index (χ0) is 16.8. The van der Waals surface area contributed by atoms with Gasteiger partial charge in [-0.05, 0) is 27.7 Å². The molecule has 2 aromatic rings. The Hall–Kier alpha value is -2.71. The highest BCUT2D eigenvalue weighted by Crippen LogP contribution is 2.33. The van der Waals surface area contributed by atoms with E-state index in [4.69, 9.17) is 0 Å². The maximum atomic E-state index is 12.5. The highest BCUT2D eigenvalue weighted by atomic mass is 16.6. The molecule has 0 saturated carbocycles. The summed E-state index contributed by atoms with van der Waals surface area (Å²) >= 11 is 0. The molecular formula is C13H16N4O5. The van der Waals surface area contributed by atoms with Gasteiger partial charge in [-0.15, -0.1) is 0 Å². The number of nitrogens with zero attached hydrogens (tertiary/aromatic N) is 4. The van der Waals surface area contributed by atoms with Crippen LogP contribution >= 0.6 is 0 Å². The van der Waals surface area contributed by atoms with Crippen LogP contribution in [-0.2, 0) is 0 Å². The van der Waals surface area contributed by atoms with Gasteiger partial charge in [-0.25, -0.2) is 4.79 Å². The lowest BCUT2D eigenvalue weighted by Gasteiger charge is -2.07. The summed E-state index contributed by atoms with van der Waals surface area (Å²) in [4.78, 5) is 33.1. The second-order valence-electron chi connectivity index (χ2n) is 5.55. The van der Waals surface area contributed by atoms with Gasteiger partial charge in [-0.3, -0.25) is 29.4 Å². The van der Waals surface area contributed by atoms with Crippen LogP contribution in [0.4, 0.5) is 11.4 Å². The molecule has 118 valence electrons. The van der Waals surface area contributed by atoms with Crippen molar-refractivity contribution in [2.45, 2.75) is 39.8 Å². The molecule has 22 heavy (non-hydrogen) atoms. The van der Waals surface area contributed by atoms with E-state index in [1.807, 2.05) is 0 Å². The first-order valence-electron chi connectivity index (χ1n) is 6.76. The van der Waals surface area contributed by atoms with Crippen molar-refractivity contribution in [2.75, 3.05) is 0 Å². The molecule has 1 heterocycles. The Kier molecular flexibility index (Phi) is 3.74. The van der Waals surface area contributed by atoms with Crippen LogP contribution in [0.2, 0.25) is 0 Å². The average Bonchev–Trinajstić information content (AvgIpc) is 2.67. The Morgan fingerprint density at radius 2 is 1.18 bits per heavy atom. The molecule has 1 aromatic heterocycles. The summed E-state index contributed by atoms with van der Waals surface area (Å²) in [7, 11) is 0. The topological polar surface area (TPSA) is 113 Å². The van der Waals surface area contributed by atoms with Gasteiger partial charge in [0.15, 0.2) is 0 Å². The van der Waals surface area contributed by atoms with Crippen LogP contribution in [0, 0.1) is 20.2 Å². The number of benzene rings is 1. The highest BCUT2D eigenvalue weighted by molar-refractivity contribution is 5.84. The maximum Gasteiger partial charge on any atom is 0.348 e. The zero-order valence-electron chi connectivity index (χ0n) is 12.6. The summed E-state index contributed by atoms with van der Waals surface area (Å²) in [5.74, 6) is 0. The van der Waals surface area contributed by atoms with Gasteiger partial charge in [0.1, 0.15) is 0 Å². The van der Waals surface area contributed by atoms with Crippen molar-refractivity contribution in [1.82, 2.24) is 9.13 Å².